The first kappa shape index (κ1) is 11.5. The average molecular weight is 229 g/mol. The summed E-state index contributed by atoms with van der Waals surface area (Å²) in [6.07, 6.45) is 2.17. The summed E-state index contributed by atoms with van der Waals surface area (Å²) < 4.78 is 5.28. The molecule has 0 saturated carbocycles. The summed E-state index contributed by atoms with van der Waals surface area (Å²) in [5.41, 5.74) is 1.09. The van der Waals surface area contributed by atoms with Crippen LogP contribution in [0, 0.1) is 0 Å². The van der Waals surface area contributed by atoms with Gasteiger partial charge in [-0.1, -0.05) is 30.3 Å². The molecule has 88 valence electrons. The Hall–Kier alpha value is -2.03. The Bertz CT molecular complexity index is 459. The van der Waals surface area contributed by atoms with Gasteiger partial charge < -0.3 is 14.3 Å². The van der Waals surface area contributed by atoms with E-state index in [1.54, 1.807) is 18.4 Å². The number of carbonyl (C=O) groups is 1. The van der Waals surface area contributed by atoms with Crippen LogP contribution in [0.5, 0.6) is 0 Å². The Kier molecular flexibility index (Phi) is 3.60. The van der Waals surface area contributed by atoms with Crippen molar-refractivity contribution in [3.8, 4) is 0 Å². The van der Waals surface area contributed by atoms with Gasteiger partial charge in [-0.25, -0.2) is 0 Å². The molecule has 0 radical (unpaired) electrons. The van der Waals surface area contributed by atoms with Gasteiger partial charge in [0.25, 0.3) is 0 Å². The number of rotatable bonds is 5. The predicted octanol–water partition coefficient (Wildman–Crippen LogP) is 1.75. The van der Waals surface area contributed by atoms with Gasteiger partial charge in [0.2, 0.25) is 0 Å². The molecule has 0 spiro atoms. The van der Waals surface area contributed by atoms with Gasteiger partial charge in [0.15, 0.2) is 0 Å². The van der Waals surface area contributed by atoms with Crippen LogP contribution in [-0.4, -0.2) is 5.97 Å². The standard InChI is InChI=1S/C14H14O3/c15-14(16)10-12(13-7-4-8-17-13)9-11-5-2-1-3-6-11/h1-8,12H,9-10H2,(H,15,16)/p-1. The molecule has 1 atom stereocenters. The molecule has 3 heteroatoms. The maximum atomic E-state index is 10.7. The number of carbonyl (C=O) groups excluding carboxylic acids is 1. The van der Waals surface area contributed by atoms with Gasteiger partial charge in [-0.15, -0.1) is 0 Å². The lowest BCUT2D eigenvalue weighted by Crippen LogP contribution is -2.25. The third kappa shape index (κ3) is 3.21. The SMILES string of the molecule is O=C([O-])CC(Cc1ccccc1)c1ccco1. The van der Waals surface area contributed by atoms with Crippen molar-refractivity contribution in [2.45, 2.75) is 18.8 Å². The summed E-state index contributed by atoms with van der Waals surface area (Å²) in [7, 11) is 0. The third-order valence-corrected chi connectivity index (χ3v) is 2.68. The highest BCUT2D eigenvalue weighted by atomic mass is 16.4. The highest BCUT2D eigenvalue weighted by Crippen LogP contribution is 2.24. The van der Waals surface area contributed by atoms with Crippen LogP contribution >= 0.6 is 0 Å². The number of aliphatic carboxylic acids is 1. The zero-order chi connectivity index (χ0) is 12.1. The number of furan rings is 1. The van der Waals surface area contributed by atoms with Crippen LogP contribution in [-0.2, 0) is 11.2 Å². The lowest BCUT2D eigenvalue weighted by molar-refractivity contribution is -0.306. The molecule has 1 aromatic carbocycles. The minimum absolute atomic E-state index is 0.0254. The second kappa shape index (κ2) is 5.34. The van der Waals surface area contributed by atoms with E-state index in [9.17, 15) is 9.90 Å². The number of hydrogen-bond acceptors (Lipinski definition) is 3. The minimum Gasteiger partial charge on any atom is -0.550 e. The second-order valence-electron chi connectivity index (χ2n) is 3.98. The first-order valence-corrected chi connectivity index (χ1v) is 5.53. The molecule has 2 rings (SSSR count). The summed E-state index contributed by atoms with van der Waals surface area (Å²) in [6.45, 7) is 0. The van der Waals surface area contributed by atoms with Gasteiger partial charge in [-0.05, 0) is 30.5 Å². The van der Waals surface area contributed by atoms with Crippen molar-refractivity contribution in [2.75, 3.05) is 0 Å². The van der Waals surface area contributed by atoms with Crippen molar-refractivity contribution >= 4 is 5.97 Å². The molecular formula is C14H13O3-. The average Bonchev–Trinajstić information content (AvgIpc) is 2.82. The summed E-state index contributed by atoms with van der Waals surface area (Å²) >= 11 is 0. The minimum atomic E-state index is -1.05. The third-order valence-electron chi connectivity index (χ3n) is 2.68. The lowest BCUT2D eigenvalue weighted by atomic mass is 9.94. The van der Waals surface area contributed by atoms with Gasteiger partial charge in [0.1, 0.15) is 5.76 Å². The van der Waals surface area contributed by atoms with E-state index >= 15 is 0 Å². The van der Waals surface area contributed by atoms with Crippen molar-refractivity contribution in [2.24, 2.45) is 0 Å². The van der Waals surface area contributed by atoms with Gasteiger partial charge >= 0.3 is 0 Å². The normalized spacial score (nSPS) is 12.2. The van der Waals surface area contributed by atoms with Crippen LogP contribution in [0.2, 0.25) is 0 Å². The van der Waals surface area contributed by atoms with E-state index in [0.717, 1.165) is 5.56 Å². The topological polar surface area (TPSA) is 53.3 Å². The van der Waals surface area contributed by atoms with Crippen molar-refractivity contribution in [3.05, 3.63) is 60.1 Å². The van der Waals surface area contributed by atoms with Gasteiger partial charge in [0, 0.05) is 11.9 Å². The molecule has 3 nitrogen and oxygen atoms in total. The van der Waals surface area contributed by atoms with Gasteiger partial charge in [0.05, 0.1) is 6.26 Å². The van der Waals surface area contributed by atoms with Crippen LogP contribution in [0.25, 0.3) is 0 Å². The molecule has 1 unspecified atom stereocenters. The fourth-order valence-electron chi connectivity index (χ4n) is 1.90. The molecule has 0 aliphatic heterocycles. The Morgan fingerprint density at radius 1 is 1.18 bits per heavy atom. The molecular weight excluding hydrogens is 216 g/mol. The van der Waals surface area contributed by atoms with Crippen molar-refractivity contribution in [1.82, 2.24) is 0 Å². The van der Waals surface area contributed by atoms with E-state index in [-0.39, 0.29) is 12.3 Å². The highest BCUT2D eigenvalue weighted by Gasteiger charge is 2.15. The second-order valence-corrected chi connectivity index (χ2v) is 3.98. The fraction of sp³-hybridized carbons (Fsp3) is 0.214. The van der Waals surface area contributed by atoms with Crippen LogP contribution in [0.1, 0.15) is 23.7 Å². The lowest BCUT2D eigenvalue weighted by Gasteiger charge is -2.15. The monoisotopic (exact) mass is 229 g/mol. The van der Waals surface area contributed by atoms with E-state index in [1.165, 1.54) is 0 Å². The molecule has 0 saturated heterocycles. The molecule has 0 N–H and O–H groups in total. The Balaban J connectivity index is 2.14. The van der Waals surface area contributed by atoms with Gasteiger partial charge in [-0.2, -0.15) is 0 Å². The molecule has 17 heavy (non-hydrogen) atoms. The molecule has 0 aliphatic carbocycles. The Morgan fingerprint density at radius 3 is 2.53 bits per heavy atom. The summed E-state index contributed by atoms with van der Waals surface area (Å²) in [6, 6.07) is 13.3. The molecule has 0 aliphatic rings. The summed E-state index contributed by atoms with van der Waals surface area (Å²) in [4.78, 5) is 10.7. The van der Waals surface area contributed by atoms with Crippen molar-refractivity contribution in [1.29, 1.82) is 0 Å². The molecule has 2 aromatic rings. The Labute approximate surface area is 99.7 Å². The molecule has 0 amide bonds. The fourth-order valence-corrected chi connectivity index (χ4v) is 1.90. The van der Waals surface area contributed by atoms with Crippen LogP contribution < -0.4 is 5.11 Å². The molecule has 0 bridgehead atoms. The quantitative estimate of drug-likeness (QED) is 0.784. The summed E-state index contributed by atoms with van der Waals surface area (Å²) in [5, 5.41) is 10.7. The van der Waals surface area contributed by atoms with Crippen LogP contribution in [0.15, 0.2) is 53.1 Å². The number of carboxylic acids is 1. The van der Waals surface area contributed by atoms with Crippen molar-refractivity contribution in [3.63, 3.8) is 0 Å². The number of carboxylic acid groups (broad SMARTS) is 1. The van der Waals surface area contributed by atoms with Gasteiger partial charge in [-0.3, -0.25) is 0 Å². The zero-order valence-electron chi connectivity index (χ0n) is 9.34. The predicted molar refractivity (Wildman–Crippen MR) is 61.2 cm³/mol. The van der Waals surface area contributed by atoms with Crippen molar-refractivity contribution < 1.29 is 14.3 Å². The first-order valence-electron chi connectivity index (χ1n) is 5.53. The van der Waals surface area contributed by atoms with E-state index in [2.05, 4.69) is 0 Å². The maximum Gasteiger partial charge on any atom is 0.107 e. The maximum absolute atomic E-state index is 10.7. The molecule has 1 aromatic heterocycles. The largest absolute Gasteiger partial charge is 0.550 e. The molecule has 0 fully saturated rings. The van der Waals surface area contributed by atoms with Crippen LogP contribution in [0.3, 0.4) is 0 Å². The van der Waals surface area contributed by atoms with Crippen LogP contribution in [0.4, 0.5) is 0 Å². The molecule has 1 heterocycles. The first-order chi connectivity index (χ1) is 8.25. The summed E-state index contributed by atoms with van der Waals surface area (Å²) in [5.74, 6) is -0.530. The number of benzene rings is 1. The zero-order valence-corrected chi connectivity index (χ0v) is 9.34. The number of hydrogen-bond donors (Lipinski definition) is 0. The highest BCUT2D eigenvalue weighted by molar-refractivity contribution is 5.65. The van der Waals surface area contributed by atoms with E-state index in [1.807, 2.05) is 30.3 Å². The van der Waals surface area contributed by atoms with E-state index in [0.29, 0.717) is 12.2 Å². The van der Waals surface area contributed by atoms with E-state index < -0.39 is 5.97 Å². The van der Waals surface area contributed by atoms with E-state index in [4.69, 9.17) is 4.42 Å². The smallest absolute Gasteiger partial charge is 0.107 e. The Morgan fingerprint density at radius 2 is 1.94 bits per heavy atom.